The van der Waals surface area contributed by atoms with Crippen molar-refractivity contribution in [3.63, 3.8) is 0 Å². The zero-order chi connectivity index (χ0) is 26.9. The lowest BCUT2D eigenvalue weighted by atomic mass is 9.74. The summed E-state index contributed by atoms with van der Waals surface area (Å²) in [5, 5.41) is 3.72. The first kappa shape index (κ1) is 26.0. The Morgan fingerprint density at radius 3 is 2.47 bits per heavy atom. The van der Waals surface area contributed by atoms with E-state index in [9.17, 15) is 0 Å². The lowest BCUT2D eigenvalue weighted by Gasteiger charge is -2.42. The summed E-state index contributed by atoms with van der Waals surface area (Å²) in [6.45, 7) is 12.9. The molecule has 200 valence electrons. The van der Waals surface area contributed by atoms with E-state index in [2.05, 4.69) is 59.9 Å². The van der Waals surface area contributed by atoms with Gasteiger partial charge in [-0.15, -0.1) is 0 Å². The van der Waals surface area contributed by atoms with Crippen LogP contribution in [0.3, 0.4) is 0 Å². The predicted molar refractivity (Wildman–Crippen MR) is 156 cm³/mol. The highest BCUT2D eigenvalue weighted by atomic mass is 19.1. The number of benzene rings is 1. The summed E-state index contributed by atoms with van der Waals surface area (Å²) in [7, 11) is 0. The molecule has 1 aliphatic heterocycles. The SMILES string of the molecule is C=C(/C=C\C=C(/C)N)n1c(C2CC2)c(F)c2cnc(Nc3ccc(N4CCC(CC)(CC)CC4)cc3)nc21. The molecule has 2 aliphatic rings. The number of anilines is 3. The lowest BCUT2D eigenvalue weighted by molar-refractivity contribution is 0.199. The van der Waals surface area contributed by atoms with Gasteiger partial charge in [-0.25, -0.2) is 9.37 Å². The van der Waals surface area contributed by atoms with Crippen LogP contribution in [0.1, 0.15) is 70.9 Å². The Labute approximate surface area is 225 Å². The Morgan fingerprint density at radius 1 is 1.18 bits per heavy atom. The Hall–Kier alpha value is -3.61. The summed E-state index contributed by atoms with van der Waals surface area (Å²) in [6, 6.07) is 8.42. The summed E-state index contributed by atoms with van der Waals surface area (Å²) in [5.74, 6) is 0.351. The van der Waals surface area contributed by atoms with Crippen molar-refractivity contribution in [2.75, 3.05) is 23.3 Å². The van der Waals surface area contributed by atoms with Gasteiger partial charge in [-0.3, -0.25) is 4.57 Å². The number of rotatable bonds is 9. The van der Waals surface area contributed by atoms with Crippen molar-refractivity contribution in [1.29, 1.82) is 0 Å². The number of aromatic nitrogens is 3. The van der Waals surface area contributed by atoms with Gasteiger partial charge >= 0.3 is 0 Å². The Kier molecular flexibility index (Phi) is 7.28. The molecule has 0 spiro atoms. The number of nitrogens with zero attached hydrogens (tertiary/aromatic N) is 4. The number of halogens is 1. The summed E-state index contributed by atoms with van der Waals surface area (Å²) >= 11 is 0. The first-order valence-corrected chi connectivity index (χ1v) is 13.8. The Balaban J connectivity index is 1.37. The first-order chi connectivity index (χ1) is 18.3. The minimum absolute atomic E-state index is 0.180. The average Bonchev–Trinajstić information content (AvgIpc) is 3.72. The highest BCUT2D eigenvalue weighted by Crippen LogP contribution is 2.45. The van der Waals surface area contributed by atoms with Gasteiger partial charge in [0.05, 0.1) is 11.1 Å². The topological polar surface area (TPSA) is 72.0 Å². The number of nitrogens with one attached hydrogen (secondary N) is 1. The van der Waals surface area contributed by atoms with Crippen molar-refractivity contribution in [3.05, 3.63) is 72.5 Å². The van der Waals surface area contributed by atoms with E-state index in [1.54, 1.807) is 12.3 Å². The van der Waals surface area contributed by atoms with E-state index in [4.69, 9.17) is 10.7 Å². The Bertz CT molecular complexity index is 1360. The van der Waals surface area contributed by atoms with Crippen molar-refractivity contribution >= 4 is 34.1 Å². The molecule has 0 bridgehead atoms. The van der Waals surface area contributed by atoms with Gasteiger partial charge in [-0.05, 0) is 74.4 Å². The van der Waals surface area contributed by atoms with E-state index in [1.165, 1.54) is 31.4 Å². The van der Waals surface area contributed by atoms with Crippen LogP contribution in [0.15, 0.2) is 61.0 Å². The van der Waals surface area contributed by atoms with E-state index >= 15 is 4.39 Å². The number of hydrogen-bond donors (Lipinski definition) is 2. The summed E-state index contributed by atoms with van der Waals surface area (Å²) in [6.07, 6.45) is 14.0. The zero-order valence-electron chi connectivity index (χ0n) is 22.8. The van der Waals surface area contributed by atoms with Crippen molar-refractivity contribution in [2.45, 2.75) is 65.2 Å². The van der Waals surface area contributed by atoms with Gasteiger partial charge in [0.2, 0.25) is 5.95 Å². The van der Waals surface area contributed by atoms with E-state index < -0.39 is 0 Å². The minimum Gasteiger partial charge on any atom is -0.402 e. The fraction of sp³-hybridized carbons (Fsp3) is 0.419. The quantitative estimate of drug-likeness (QED) is 0.290. The third-order valence-corrected chi connectivity index (χ3v) is 8.39. The first-order valence-electron chi connectivity index (χ1n) is 13.8. The standard InChI is InChI=1S/C31H39FN6/c1-5-31(6-2)16-18-37(19-17-31)25-14-12-24(13-15-25)35-30-34-20-26-27(32)28(23-10-11-23)38(29(26)36-30)22(4)9-7-8-21(3)33/h7-9,12-15,20,23H,4-6,10-11,16-19,33H2,1-3H3,(H,34,35,36)/b9-7-,21-8+. The van der Waals surface area contributed by atoms with Gasteiger partial charge in [0, 0.05) is 48.0 Å². The van der Waals surface area contributed by atoms with Crippen molar-refractivity contribution in [3.8, 4) is 0 Å². The van der Waals surface area contributed by atoms with E-state index in [-0.39, 0.29) is 11.7 Å². The molecule has 2 aromatic heterocycles. The molecule has 38 heavy (non-hydrogen) atoms. The molecule has 3 N–H and O–H groups in total. The fourth-order valence-electron chi connectivity index (χ4n) is 5.58. The number of allylic oxidation sites excluding steroid dienone is 5. The third-order valence-electron chi connectivity index (χ3n) is 8.39. The summed E-state index contributed by atoms with van der Waals surface area (Å²) in [4.78, 5) is 11.6. The van der Waals surface area contributed by atoms with Crippen LogP contribution in [0.2, 0.25) is 0 Å². The molecule has 3 heterocycles. The van der Waals surface area contributed by atoms with Crippen LogP contribution in [-0.2, 0) is 0 Å². The molecule has 1 saturated heterocycles. The molecule has 2 fully saturated rings. The second kappa shape index (κ2) is 10.6. The van der Waals surface area contributed by atoms with E-state index in [1.807, 2.05) is 23.6 Å². The smallest absolute Gasteiger partial charge is 0.229 e. The van der Waals surface area contributed by atoms with Gasteiger partial charge < -0.3 is 16.0 Å². The molecular weight excluding hydrogens is 475 g/mol. The molecule has 0 atom stereocenters. The van der Waals surface area contributed by atoms with Crippen molar-refractivity contribution < 1.29 is 4.39 Å². The van der Waals surface area contributed by atoms with Crippen LogP contribution in [0.25, 0.3) is 16.7 Å². The number of hydrogen-bond acceptors (Lipinski definition) is 5. The van der Waals surface area contributed by atoms with Crippen LogP contribution in [-0.4, -0.2) is 27.6 Å². The second-order valence-electron chi connectivity index (χ2n) is 10.9. The van der Waals surface area contributed by atoms with Crippen molar-refractivity contribution in [1.82, 2.24) is 14.5 Å². The molecule has 3 aromatic rings. The zero-order valence-corrected chi connectivity index (χ0v) is 22.8. The Morgan fingerprint density at radius 2 is 1.87 bits per heavy atom. The molecule has 1 saturated carbocycles. The molecule has 1 aliphatic carbocycles. The van der Waals surface area contributed by atoms with E-state index in [0.717, 1.165) is 31.6 Å². The maximum absolute atomic E-state index is 15.4. The molecule has 0 unspecified atom stereocenters. The third kappa shape index (κ3) is 5.19. The largest absolute Gasteiger partial charge is 0.402 e. The number of nitrogens with two attached hydrogens (primary N) is 1. The maximum Gasteiger partial charge on any atom is 0.229 e. The highest BCUT2D eigenvalue weighted by molar-refractivity contribution is 5.84. The van der Waals surface area contributed by atoms with Crippen molar-refractivity contribution in [2.24, 2.45) is 11.1 Å². The molecular formula is C31H39FN6. The van der Waals surface area contributed by atoms with Gasteiger partial charge in [0.15, 0.2) is 11.5 Å². The van der Waals surface area contributed by atoms with Crippen LogP contribution < -0.4 is 16.0 Å². The fourth-order valence-corrected chi connectivity index (χ4v) is 5.58. The van der Waals surface area contributed by atoms with Gasteiger partial charge in [-0.1, -0.05) is 39.3 Å². The van der Waals surface area contributed by atoms with Gasteiger partial charge in [0.1, 0.15) is 0 Å². The average molecular weight is 515 g/mol. The predicted octanol–water partition coefficient (Wildman–Crippen LogP) is 7.49. The molecule has 5 rings (SSSR count). The minimum atomic E-state index is -0.254. The second-order valence-corrected chi connectivity index (χ2v) is 10.9. The number of fused-ring (bicyclic) bond motifs is 1. The normalized spacial score (nSPS) is 17.9. The molecule has 7 heteroatoms. The monoisotopic (exact) mass is 514 g/mol. The number of piperidine rings is 1. The van der Waals surface area contributed by atoms with Crippen LogP contribution in [0.4, 0.5) is 21.7 Å². The van der Waals surface area contributed by atoms with Gasteiger partial charge in [-0.2, -0.15) is 4.98 Å². The highest BCUT2D eigenvalue weighted by Gasteiger charge is 2.34. The maximum atomic E-state index is 15.4. The van der Waals surface area contributed by atoms with Crippen LogP contribution >= 0.6 is 0 Å². The lowest BCUT2D eigenvalue weighted by Crippen LogP contribution is -2.39. The van der Waals surface area contributed by atoms with E-state index in [0.29, 0.717) is 39.5 Å². The molecule has 6 nitrogen and oxygen atoms in total. The molecule has 0 amide bonds. The molecule has 1 aromatic carbocycles. The molecule has 0 radical (unpaired) electrons. The van der Waals surface area contributed by atoms with Crippen LogP contribution in [0, 0.1) is 11.2 Å². The summed E-state index contributed by atoms with van der Waals surface area (Å²) in [5.41, 5.74) is 10.9. The van der Waals surface area contributed by atoms with Gasteiger partial charge in [0.25, 0.3) is 0 Å². The summed E-state index contributed by atoms with van der Waals surface area (Å²) < 4.78 is 17.3. The van der Waals surface area contributed by atoms with Crippen LogP contribution in [0.5, 0.6) is 0 Å².